The molecule has 1 aromatic carbocycles. The van der Waals surface area contributed by atoms with Crippen molar-refractivity contribution in [3.63, 3.8) is 0 Å². The Balaban J connectivity index is 2.25. The van der Waals surface area contributed by atoms with Crippen molar-refractivity contribution in [2.75, 3.05) is 0 Å². The molecule has 1 atom stereocenters. The SMILES string of the molecule is CCCCCCCCCC(N)Cc1ccccc1[N+](=O)[O-]. The number of rotatable bonds is 11. The summed E-state index contributed by atoms with van der Waals surface area (Å²) in [6.45, 7) is 2.22. The van der Waals surface area contributed by atoms with Crippen LogP contribution in [0.15, 0.2) is 24.3 Å². The summed E-state index contributed by atoms with van der Waals surface area (Å²) in [5.74, 6) is 0. The van der Waals surface area contributed by atoms with Gasteiger partial charge in [0.15, 0.2) is 0 Å². The lowest BCUT2D eigenvalue weighted by atomic mass is 9.99. The monoisotopic (exact) mass is 292 g/mol. The molecule has 0 saturated heterocycles. The molecule has 1 aromatic rings. The van der Waals surface area contributed by atoms with Crippen LogP contribution in [0.5, 0.6) is 0 Å². The Hall–Kier alpha value is -1.42. The third-order valence-corrected chi connectivity index (χ3v) is 3.85. The Morgan fingerprint density at radius 1 is 1.10 bits per heavy atom. The molecular formula is C17H28N2O2. The summed E-state index contributed by atoms with van der Waals surface area (Å²) in [5.41, 5.74) is 7.05. The molecule has 21 heavy (non-hydrogen) atoms. The van der Waals surface area contributed by atoms with Gasteiger partial charge in [-0.3, -0.25) is 10.1 Å². The van der Waals surface area contributed by atoms with Gasteiger partial charge in [0, 0.05) is 17.7 Å². The van der Waals surface area contributed by atoms with Gasteiger partial charge in [0.2, 0.25) is 0 Å². The number of nitrogens with zero attached hydrogens (tertiary/aromatic N) is 1. The highest BCUT2D eigenvalue weighted by molar-refractivity contribution is 5.40. The molecule has 0 aromatic heterocycles. The Kier molecular flexibility index (Phi) is 8.67. The van der Waals surface area contributed by atoms with E-state index in [0.717, 1.165) is 18.4 Å². The van der Waals surface area contributed by atoms with Crippen LogP contribution in [0, 0.1) is 10.1 Å². The summed E-state index contributed by atoms with van der Waals surface area (Å²) in [6.07, 6.45) is 10.4. The number of hydrogen-bond acceptors (Lipinski definition) is 3. The maximum atomic E-state index is 11.0. The number of benzene rings is 1. The first-order chi connectivity index (χ1) is 10.1. The first-order valence-electron chi connectivity index (χ1n) is 8.13. The zero-order valence-corrected chi connectivity index (χ0v) is 13.1. The topological polar surface area (TPSA) is 69.2 Å². The number of unbranched alkanes of at least 4 members (excludes halogenated alkanes) is 6. The predicted octanol–water partition coefficient (Wildman–Crippen LogP) is 4.61. The molecule has 0 fully saturated rings. The van der Waals surface area contributed by atoms with Crippen molar-refractivity contribution in [3.8, 4) is 0 Å². The van der Waals surface area contributed by atoms with E-state index in [1.807, 2.05) is 12.1 Å². The third kappa shape index (κ3) is 7.23. The molecular weight excluding hydrogens is 264 g/mol. The van der Waals surface area contributed by atoms with Gasteiger partial charge in [-0.05, 0) is 12.8 Å². The number of nitro groups is 1. The molecule has 0 radical (unpaired) electrons. The minimum absolute atomic E-state index is 0.0155. The fraction of sp³-hybridized carbons (Fsp3) is 0.647. The van der Waals surface area contributed by atoms with E-state index in [-0.39, 0.29) is 16.7 Å². The highest BCUT2D eigenvalue weighted by Crippen LogP contribution is 2.20. The molecule has 2 N–H and O–H groups in total. The van der Waals surface area contributed by atoms with E-state index in [0.29, 0.717) is 6.42 Å². The Morgan fingerprint density at radius 2 is 1.71 bits per heavy atom. The first-order valence-corrected chi connectivity index (χ1v) is 8.13. The van der Waals surface area contributed by atoms with Crippen molar-refractivity contribution in [2.24, 2.45) is 5.73 Å². The van der Waals surface area contributed by atoms with Gasteiger partial charge in [0.25, 0.3) is 5.69 Å². The second-order valence-electron chi connectivity index (χ2n) is 5.76. The van der Waals surface area contributed by atoms with Gasteiger partial charge < -0.3 is 5.73 Å². The Morgan fingerprint density at radius 3 is 2.38 bits per heavy atom. The lowest BCUT2D eigenvalue weighted by Gasteiger charge is -2.11. The summed E-state index contributed by atoms with van der Waals surface area (Å²) in [7, 11) is 0. The molecule has 4 heteroatoms. The standard InChI is InChI=1S/C17H28N2O2/c1-2-3-4-5-6-7-8-12-16(18)14-15-11-9-10-13-17(15)19(20)21/h9-11,13,16H,2-8,12,14,18H2,1H3. The molecule has 1 rings (SSSR count). The molecule has 0 spiro atoms. The molecule has 118 valence electrons. The lowest BCUT2D eigenvalue weighted by molar-refractivity contribution is -0.385. The van der Waals surface area contributed by atoms with E-state index in [9.17, 15) is 10.1 Å². The summed E-state index contributed by atoms with van der Waals surface area (Å²) in [6, 6.07) is 6.91. The minimum Gasteiger partial charge on any atom is -0.327 e. The highest BCUT2D eigenvalue weighted by Gasteiger charge is 2.14. The molecule has 0 aliphatic rings. The van der Waals surface area contributed by atoms with Crippen LogP contribution in [0.4, 0.5) is 5.69 Å². The van der Waals surface area contributed by atoms with Crippen LogP contribution in [0.25, 0.3) is 0 Å². The van der Waals surface area contributed by atoms with Gasteiger partial charge >= 0.3 is 0 Å². The summed E-state index contributed by atoms with van der Waals surface area (Å²) in [5, 5.41) is 11.0. The molecule has 0 aliphatic carbocycles. The molecule has 4 nitrogen and oxygen atoms in total. The van der Waals surface area contributed by atoms with Gasteiger partial charge in [-0.15, -0.1) is 0 Å². The van der Waals surface area contributed by atoms with Gasteiger partial charge in [-0.2, -0.15) is 0 Å². The fourth-order valence-corrected chi connectivity index (χ4v) is 2.61. The van der Waals surface area contributed by atoms with Gasteiger partial charge in [0.05, 0.1) is 4.92 Å². The number of para-hydroxylation sites is 1. The molecule has 0 amide bonds. The quantitative estimate of drug-likeness (QED) is 0.368. The lowest BCUT2D eigenvalue weighted by Crippen LogP contribution is -2.23. The van der Waals surface area contributed by atoms with Gasteiger partial charge in [-0.25, -0.2) is 0 Å². The molecule has 0 aliphatic heterocycles. The largest absolute Gasteiger partial charge is 0.327 e. The van der Waals surface area contributed by atoms with Crippen molar-refractivity contribution in [1.29, 1.82) is 0 Å². The molecule has 1 unspecified atom stereocenters. The first kappa shape index (κ1) is 17.6. The van der Waals surface area contributed by atoms with Crippen molar-refractivity contribution >= 4 is 5.69 Å². The van der Waals surface area contributed by atoms with Crippen molar-refractivity contribution in [2.45, 2.75) is 70.8 Å². The Bertz CT molecular complexity index is 421. The van der Waals surface area contributed by atoms with E-state index < -0.39 is 0 Å². The smallest absolute Gasteiger partial charge is 0.272 e. The summed E-state index contributed by atoms with van der Waals surface area (Å²) in [4.78, 5) is 10.6. The van der Waals surface area contributed by atoms with Crippen LogP contribution in [0.3, 0.4) is 0 Å². The van der Waals surface area contributed by atoms with Crippen molar-refractivity contribution in [1.82, 2.24) is 0 Å². The van der Waals surface area contributed by atoms with Crippen LogP contribution >= 0.6 is 0 Å². The van der Waals surface area contributed by atoms with Crippen molar-refractivity contribution in [3.05, 3.63) is 39.9 Å². The molecule has 0 heterocycles. The molecule has 0 bridgehead atoms. The number of nitrogens with two attached hydrogens (primary N) is 1. The van der Waals surface area contributed by atoms with Crippen molar-refractivity contribution < 1.29 is 4.92 Å². The minimum atomic E-state index is -0.324. The van der Waals surface area contributed by atoms with Gasteiger partial charge in [0.1, 0.15) is 0 Å². The zero-order valence-electron chi connectivity index (χ0n) is 13.1. The average molecular weight is 292 g/mol. The highest BCUT2D eigenvalue weighted by atomic mass is 16.6. The predicted molar refractivity (Wildman–Crippen MR) is 87.4 cm³/mol. The van der Waals surface area contributed by atoms with Crippen LogP contribution in [-0.2, 0) is 6.42 Å². The zero-order chi connectivity index (χ0) is 15.5. The molecule has 0 saturated carbocycles. The maximum Gasteiger partial charge on any atom is 0.272 e. The van der Waals surface area contributed by atoms with E-state index in [4.69, 9.17) is 5.73 Å². The number of hydrogen-bond donors (Lipinski definition) is 1. The second-order valence-corrected chi connectivity index (χ2v) is 5.76. The van der Waals surface area contributed by atoms with E-state index in [1.165, 1.54) is 38.5 Å². The maximum absolute atomic E-state index is 11.0. The third-order valence-electron chi connectivity index (χ3n) is 3.85. The van der Waals surface area contributed by atoms with Crippen LogP contribution < -0.4 is 5.73 Å². The van der Waals surface area contributed by atoms with Crippen LogP contribution in [0.2, 0.25) is 0 Å². The fourth-order valence-electron chi connectivity index (χ4n) is 2.61. The van der Waals surface area contributed by atoms with Crippen LogP contribution in [0.1, 0.15) is 63.9 Å². The van der Waals surface area contributed by atoms with E-state index >= 15 is 0 Å². The Labute approximate surface area is 127 Å². The average Bonchev–Trinajstić information content (AvgIpc) is 2.46. The van der Waals surface area contributed by atoms with Gasteiger partial charge in [-0.1, -0.05) is 70.1 Å². The normalized spacial score (nSPS) is 12.3. The summed E-state index contributed by atoms with van der Waals surface area (Å²) >= 11 is 0. The second kappa shape index (κ2) is 10.3. The summed E-state index contributed by atoms with van der Waals surface area (Å²) < 4.78 is 0. The van der Waals surface area contributed by atoms with E-state index in [2.05, 4.69) is 6.92 Å². The number of nitro benzene ring substituents is 1. The van der Waals surface area contributed by atoms with Crippen LogP contribution in [-0.4, -0.2) is 11.0 Å². The van der Waals surface area contributed by atoms with E-state index in [1.54, 1.807) is 12.1 Å².